The molecule has 1 atom stereocenters. The van der Waals surface area contributed by atoms with Crippen molar-refractivity contribution in [2.24, 2.45) is 0 Å². The zero-order valence-corrected chi connectivity index (χ0v) is 11.1. The van der Waals surface area contributed by atoms with Crippen molar-refractivity contribution in [3.63, 3.8) is 0 Å². The largest absolute Gasteiger partial charge is 0.497 e. The molecule has 1 aliphatic carbocycles. The van der Waals surface area contributed by atoms with E-state index in [1.807, 2.05) is 24.3 Å². The lowest BCUT2D eigenvalue weighted by molar-refractivity contribution is -0.138. The molecular weight excluding hydrogens is 250 g/mol. The van der Waals surface area contributed by atoms with Gasteiger partial charge in [0.1, 0.15) is 11.8 Å². The third kappa shape index (κ3) is 3.92. The summed E-state index contributed by atoms with van der Waals surface area (Å²) in [5.41, 5.74) is 0. The van der Waals surface area contributed by atoms with Gasteiger partial charge >= 0.3 is 5.97 Å². The maximum absolute atomic E-state index is 11.1. The van der Waals surface area contributed by atoms with Gasteiger partial charge in [0, 0.05) is 16.7 Å². The minimum absolute atomic E-state index is 0.405. The molecule has 0 heterocycles. The molecule has 2 rings (SSSR count). The topological polar surface area (TPSA) is 58.6 Å². The van der Waals surface area contributed by atoms with Crippen molar-refractivity contribution in [3.05, 3.63) is 24.3 Å². The Morgan fingerprint density at radius 2 is 2.17 bits per heavy atom. The number of aliphatic carboxylic acids is 1. The molecule has 1 aromatic carbocycles. The molecule has 0 aliphatic heterocycles. The zero-order chi connectivity index (χ0) is 13.0. The highest BCUT2D eigenvalue weighted by Crippen LogP contribution is 2.24. The Morgan fingerprint density at radius 3 is 2.67 bits per heavy atom. The Hall–Kier alpha value is -1.20. The molecule has 0 spiro atoms. The van der Waals surface area contributed by atoms with Gasteiger partial charge in [0.15, 0.2) is 0 Å². The molecule has 5 heteroatoms. The highest BCUT2D eigenvalue weighted by Gasteiger charge is 2.28. The Bertz CT molecular complexity index is 403. The highest BCUT2D eigenvalue weighted by molar-refractivity contribution is 7.99. The molecule has 0 aromatic heterocycles. The lowest BCUT2D eigenvalue weighted by atomic mass is 10.3. The van der Waals surface area contributed by atoms with Crippen LogP contribution in [0.1, 0.15) is 12.8 Å². The minimum Gasteiger partial charge on any atom is -0.497 e. The smallest absolute Gasteiger partial charge is 0.321 e. The Balaban J connectivity index is 1.85. The quantitative estimate of drug-likeness (QED) is 0.740. The number of thioether (sulfide) groups is 1. The number of benzene rings is 1. The molecule has 1 saturated carbocycles. The van der Waals surface area contributed by atoms with E-state index in [0.717, 1.165) is 23.5 Å². The summed E-state index contributed by atoms with van der Waals surface area (Å²) in [6.07, 6.45) is 2.19. The van der Waals surface area contributed by atoms with Crippen LogP contribution in [0.3, 0.4) is 0 Å². The van der Waals surface area contributed by atoms with Crippen LogP contribution in [0, 0.1) is 0 Å². The first-order valence-corrected chi connectivity index (χ1v) is 6.93. The number of carboxylic acid groups (broad SMARTS) is 1. The fourth-order valence-electron chi connectivity index (χ4n) is 1.58. The van der Waals surface area contributed by atoms with Crippen molar-refractivity contribution in [2.45, 2.75) is 29.8 Å². The lowest BCUT2D eigenvalue weighted by Crippen LogP contribution is -2.40. The molecule has 1 aliphatic rings. The van der Waals surface area contributed by atoms with Gasteiger partial charge < -0.3 is 15.2 Å². The number of hydrogen-bond donors (Lipinski definition) is 2. The predicted octanol–water partition coefficient (Wildman–Crippen LogP) is 1.99. The number of carboxylic acids is 1. The third-order valence-electron chi connectivity index (χ3n) is 2.79. The fourth-order valence-corrected chi connectivity index (χ4v) is 2.50. The van der Waals surface area contributed by atoms with Gasteiger partial charge in [-0.25, -0.2) is 0 Å². The van der Waals surface area contributed by atoms with Gasteiger partial charge in [0.25, 0.3) is 0 Å². The molecule has 0 radical (unpaired) electrons. The second-order valence-electron chi connectivity index (χ2n) is 4.32. The van der Waals surface area contributed by atoms with Crippen molar-refractivity contribution >= 4 is 17.7 Å². The van der Waals surface area contributed by atoms with E-state index < -0.39 is 12.0 Å². The molecule has 0 bridgehead atoms. The second-order valence-corrected chi connectivity index (χ2v) is 5.41. The number of hydrogen-bond acceptors (Lipinski definition) is 4. The van der Waals surface area contributed by atoms with E-state index in [-0.39, 0.29) is 0 Å². The van der Waals surface area contributed by atoms with Crippen LogP contribution in [0.25, 0.3) is 0 Å². The van der Waals surface area contributed by atoms with E-state index in [1.54, 1.807) is 18.9 Å². The van der Waals surface area contributed by atoms with Gasteiger partial charge in [-0.2, -0.15) is 0 Å². The molecule has 0 saturated heterocycles. The molecule has 1 fully saturated rings. The summed E-state index contributed by atoms with van der Waals surface area (Å²) in [4.78, 5) is 12.1. The fraction of sp³-hybridized carbons (Fsp3) is 0.462. The molecule has 98 valence electrons. The van der Waals surface area contributed by atoms with E-state index in [0.29, 0.717) is 11.8 Å². The molecular formula is C13H17NO3S. The zero-order valence-electron chi connectivity index (χ0n) is 10.3. The van der Waals surface area contributed by atoms with Crippen LogP contribution in [0.15, 0.2) is 29.2 Å². The van der Waals surface area contributed by atoms with Gasteiger partial charge in [-0.1, -0.05) is 0 Å². The summed E-state index contributed by atoms with van der Waals surface area (Å²) >= 11 is 1.55. The van der Waals surface area contributed by atoms with Crippen LogP contribution in [-0.4, -0.2) is 36.0 Å². The molecule has 2 N–H and O–H groups in total. The van der Waals surface area contributed by atoms with Crippen molar-refractivity contribution in [3.8, 4) is 5.75 Å². The summed E-state index contributed by atoms with van der Waals surface area (Å²) in [6.45, 7) is 0. The first-order valence-electron chi connectivity index (χ1n) is 5.95. The summed E-state index contributed by atoms with van der Waals surface area (Å²) < 4.78 is 5.08. The minimum atomic E-state index is -0.775. The number of nitrogens with one attached hydrogen (secondary N) is 1. The van der Waals surface area contributed by atoms with Gasteiger partial charge in [-0.3, -0.25) is 4.79 Å². The van der Waals surface area contributed by atoms with E-state index >= 15 is 0 Å². The Labute approximate surface area is 111 Å². The molecule has 0 amide bonds. The first-order chi connectivity index (χ1) is 8.69. The van der Waals surface area contributed by atoms with Gasteiger partial charge in [-0.15, -0.1) is 11.8 Å². The number of methoxy groups -OCH3 is 1. The highest BCUT2D eigenvalue weighted by atomic mass is 32.2. The lowest BCUT2D eigenvalue weighted by Gasteiger charge is -2.13. The van der Waals surface area contributed by atoms with E-state index in [1.165, 1.54) is 0 Å². The molecule has 1 unspecified atom stereocenters. The van der Waals surface area contributed by atoms with Crippen LogP contribution in [0.2, 0.25) is 0 Å². The van der Waals surface area contributed by atoms with Crippen LogP contribution >= 0.6 is 11.8 Å². The van der Waals surface area contributed by atoms with Gasteiger partial charge in [0.05, 0.1) is 7.11 Å². The second kappa shape index (κ2) is 6.11. The maximum Gasteiger partial charge on any atom is 0.321 e. The first kappa shape index (κ1) is 13.2. The van der Waals surface area contributed by atoms with E-state index in [9.17, 15) is 4.79 Å². The van der Waals surface area contributed by atoms with Crippen LogP contribution < -0.4 is 10.1 Å². The Morgan fingerprint density at radius 1 is 1.50 bits per heavy atom. The van der Waals surface area contributed by atoms with Crippen molar-refractivity contribution in [1.82, 2.24) is 5.32 Å². The molecule has 4 nitrogen and oxygen atoms in total. The van der Waals surface area contributed by atoms with Crippen molar-refractivity contribution < 1.29 is 14.6 Å². The number of rotatable bonds is 7. The van der Waals surface area contributed by atoms with E-state index in [2.05, 4.69) is 5.32 Å². The van der Waals surface area contributed by atoms with Crippen LogP contribution in [-0.2, 0) is 4.79 Å². The monoisotopic (exact) mass is 267 g/mol. The van der Waals surface area contributed by atoms with Crippen LogP contribution in [0.4, 0.5) is 0 Å². The Kier molecular flexibility index (Phi) is 4.49. The number of ether oxygens (including phenoxy) is 1. The van der Waals surface area contributed by atoms with E-state index in [4.69, 9.17) is 9.84 Å². The standard InChI is InChI=1S/C13H17NO3S/c1-17-10-4-6-11(7-5-10)18-8-12(13(15)16)14-9-2-3-9/h4-7,9,12,14H,2-3,8H2,1H3,(H,15,16). The van der Waals surface area contributed by atoms with Crippen molar-refractivity contribution in [1.29, 1.82) is 0 Å². The summed E-state index contributed by atoms with van der Waals surface area (Å²) in [7, 11) is 1.63. The maximum atomic E-state index is 11.1. The third-order valence-corrected chi connectivity index (χ3v) is 3.89. The summed E-state index contributed by atoms with van der Waals surface area (Å²) in [6, 6.07) is 7.59. The summed E-state index contributed by atoms with van der Waals surface area (Å²) in [5.74, 6) is 0.575. The predicted molar refractivity (Wildman–Crippen MR) is 71.3 cm³/mol. The van der Waals surface area contributed by atoms with Crippen LogP contribution in [0.5, 0.6) is 5.75 Å². The molecule has 18 heavy (non-hydrogen) atoms. The average Bonchev–Trinajstić information content (AvgIpc) is 3.18. The summed E-state index contributed by atoms with van der Waals surface area (Å²) in [5, 5.41) is 12.3. The molecule has 1 aromatic rings. The van der Waals surface area contributed by atoms with Crippen molar-refractivity contribution in [2.75, 3.05) is 12.9 Å². The van der Waals surface area contributed by atoms with Gasteiger partial charge in [-0.05, 0) is 37.1 Å². The normalized spacial score (nSPS) is 16.3. The average molecular weight is 267 g/mol. The SMILES string of the molecule is COc1ccc(SCC(NC2CC2)C(=O)O)cc1. The number of carbonyl (C=O) groups is 1. The van der Waals surface area contributed by atoms with Gasteiger partial charge in [0.2, 0.25) is 0 Å².